The third kappa shape index (κ3) is 2.84. The molecule has 0 bridgehead atoms. The van der Waals surface area contributed by atoms with Gasteiger partial charge in [-0.25, -0.2) is 4.79 Å². The fourth-order valence-electron chi connectivity index (χ4n) is 1.11. The summed E-state index contributed by atoms with van der Waals surface area (Å²) in [4.78, 5) is 11.3. The molecule has 0 amide bonds. The normalized spacial score (nSPS) is 9.69. The van der Waals surface area contributed by atoms with Crippen LogP contribution < -0.4 is 15.2 Å². The van der Waals surface area contributed by atoms with Gasteiger partial charge >= 0.3 is 5.97 Å². The van der Waals surface area contributed by atoms with Gasteiger partial charge in [0.1, 0.15) is 0 Å². The second-order valence-corrected chi connectivity index (χ2v) is 3.36. The summed E-state index contributed by atoms with van der Waals surface area (Å²) in [5.41, 5.74) is 6.74. The maximum Gasteiger partial charge on any atom is 0.338 e. The first-order chi connectivity index (χ1) is 7.58. The van der Waals surface area contributed by atoms with Crippen LogP contribution in [0.15, 0.2) is 30.4 Å². The molecule has 16 heavy (non-hydrogen) atoms. The van der Waals surface area contributed by atoms with Crippen molar-refractivity contribution in [2.24, 2.45) is 5.73 Å². The molecule has 0 radical (unpaired) electrons. The van der Waals surface area contributed by atoms with Gasteiger partial charge in [-0.15, -0.1) is 0 Å². The summed E-state index contributed by atoms with van der Waals surface area (Å²) in [6.45, 7) is 5.50. The van der Waals surface area contributed by atoms with Gasteiger partial charge in [-0.1, -0.05) is 12.6 Å². The molecule has 0 fully saturated rings. The molecule has 4 heteroatoms. The van der Waals surface area contributed by atoms with Crippen molar-refractivity contribution in [3.05, 3.63) is 35.9 Å². The van der Waals surface area contributed by atoms with E-state index in [1.54, 1.807) is 25.1 Å². The summed E-state index contributed by atoms with van der Waals surface area (Å²) >= 11 is 0. The van der Waals surface area contributed by atoms with E-state index in [0.717, 1.165) is 5.56 Å². The van der Waals surface area contributed by atoms with E-state index in [9.17, 15) is 4.79 Å². The average molecular weight is 221 g/mol. The standard InChI is InChI=1S/C12H15NO3/c1-8(2)12(14)16-10-5-4-9(7-13)6-11(10)15-3/h4-6H,1,7,13H2,2-3H3. The van der Waals surface area contributed by atoms with Crippen molar-refractivity contribution in [3.63, 3.8) is 0 Å². The third-order valence-corrected chi connectivity index (χ3v) is 2.01. The largest absolute Gasteiger partial charge is 0.493 e. The first-order valence-corrected chi connectivity index (χ1v) is 4.83. The molecule has 86 valence electrons. The lowest BCUT2D eigenvalue weighted by molar-refractivity contribution is -0.130. The van der Waals surface area contributed by atoms with E-state index >= 15 is 0 Å². The van der Waals surface area contributed by atoms with Crippen molar-refractivity contribution in [2.45, 2.75) is 13.5 Å². The van der Waals surface area contributed by atoms with E-state index in [2.05, 4.69) is 6.58 Å². The predicted molar refractivity (Wildman–Crippen MR) is 61.3 cm³/mol. The summed E-state index contributed by atoms with van der Waals surface area (Å²) in [5.74, 6) is 0.379. The van der Waals surface area contributed by atoms with Crippen LogP contribution in [0.2, 0.25) is 0 Å². The Morgan fingerprint density at radius 3 is 2.62 bits per heavy atom. The number of esters is 1. The number of hydrogen-bond donors (Lipinski definition) is 1. The molecule has 0 atom stereocenters. The fraction of sp³-hybridized carbons (Fsp3) is 0.250. The molecule has 0 saturated heterocycles. The van der Waals surface area contributed by atoms with E-state index in [1.807, 2.05) is 0 Å². The lowest BCUT2D eigenvalue weighted by atomic mass is 10.2. The fourth-order valence-corrected chi connectivity index (χ4v) is 1.11. The molecule has 0 heterocycles. The number of nitrogens with two attached hydrogens (primary N) is 1. The second-order valence-electron chi connectivity index (χ2n) is 3.36. The molecule has 0 saturated carbocycles. The van der Waals surface area contributed by atoms with E-state index in [-0.39, 0.29) is 0 Å². The van der Waals surface area contributed by atoms with E-state index in [4.69, 9.17) is 15.2 Å². The molecule has 2 N–H and O–H groups in total. The maximum atomic E-state index is 11.3. The lowest BCUT2D eigenvalue weighted by Gasteiger charge is -2.10. The first kappa shape index (κ1) is 12.3. The molecule has 0 unspecified atom stereocenters. The topological polar surface area (TPSA) is 61.5 Å². The number of ether oxygens (including phenoxy) is 2. The predicted octanol–water partition coefficient (Wildman–Crippen LogP) is 1.64. The molecular formula is C12H15NO3. The van der Waals surface area contributed by atoms with Gasteiger partial charge in [0.05, 0.1) is 7.11 Å². The molecule has 0 aromatic heterocycles. The van der Waals surface area contributed by atoms with Crippen LogP contribution in [0.3, 0.4) is 0 Å². The van der Waals surface area contributed by atoms with Crippen molar-refractivity contribution in [1.82, 2.24) is 0 Å². The highest BCUT2D eigenvalue weighted by Crippen LogP contribution is 2.28. The Bertz CT molecular complexity index is 413. The van der Waals surface area contributed by atoms with Crippen LogP contribution >= 0.6 is 0 Å². The average Bonchev–Trinajstić information content (AvgIpc) is 2.29. The minimum atomic E-state index is -0.473. The van der Waals surface area contributed by atoms with Gasteiger partial charge in [0.15, 0.2) is 11.5 Å². The van der Waals surface area contributed by atoms with Gasteiger partial charge in [0.25, 0.3) is 0 Å². The van der Waals surface area contributed by atoms with Gasteiger partial charge in [-0.05, 0) is 24.6 Å². The van der Waals surface area contributed by atoms with E-state index < -0.39 is 5.97 Å². The van der Waals surface area contributed by atoms with Crippen LogP contribution in [0.1, 0.15) is 12.5 Å². The van der Waals surface area contributed by atoms with Gasteiger partial charge < -0.3 is 15.2 Å². The Balaban J connectivity index is 2.96. The van der Waals surface area contributed by atoms with Crippen LogP contribution in [0, 0.1) is 0 Å². The first-order valence-electron chi connectivity index (χ1n) is 4.83. The summed E-state index contributed by atoms with van der Waals surface area (Å²) in [6.07, 6.45) is 0. The molecule has 1 aromatic carbocycles. The Labute approximate surface area is 94.7 Å². The van der Waals surface area contributed by atoms with Crippen molar-refractivity contribution in [3.8, 4) is 11.5 Å². The monoisotopic (exact) mass is 221 g/mol. The van der Waals surface area contributed by atoms with Gasteiger partial charge in [-0.2, -0.15) is 0 Å². The zero-order valence-corrected chi connectivity index (χ0v) is 9.45. The number of hydrogen-bond acceptors (Lipinski definition) is 4. The minimum absolute atomic E-state index is 0.338. The molecule has 0 aliphatic heterocycles. The third-order valence-electron chi connectivity index (χ3n) is 2.01. The highest BCUT2D eigenvalue weighted by Gasteiger charge is 2.10. The number of carbonyl (C=O) groups is 1. The van der Waals surface area contributed by atoms with Crippen molar-refractivity contribution in [1.29, 1.82) is 0 Å². The number of rotatable bonds is 4. The van der Waals surface area contributed by atoms with Crippen LogP contribution in [-0.2, 0) is 11.3 Å². The summed E-state index contributed by atoms with van der Waals surface area (Å²) in [6, 6.07) is 5.17. The van der Waals surface area contributed by atoms with Crippen molar-refractivity contribution < 1.29 is 14.3 Å². The van der Waals surface area contributed by atoms with Crippen molar-refractivity contribution in [2.75, 3.05) is 7.11 Å². The van der Waals surface area contributed by atoms with E-state index in [1.165, 1.54) is 7.11 Å². The molecule has 0 aliphatic rings. The van der Waals surface area contributed by atoms with Crippen LogP contribution in [-0.4, -0.2) is 13.1 Å². The molecular weight excluding hydrogens is 206 g/mol. The quantitative estimate of drug-likeness (QED) is 0.477. The van der Waals surface area contributed by atoms with Gasteiger partial charge in [0, 0.05) is 12.1 Å². The Morgan fingerprint density at radius 2 is 2.12 bits per heavy atom. The molecule has 1 aromatic rings. The molecule has 4 nitrogen and oxygen atoms in total. The van der Waals surface area contributed by atoms with Crippen LogP contribution in [0.4, 0.5) is 0 Å². The number of methoxy groups -OCH3 is 1. The Hall–Kier alpha value is -1.81. The van der Waals surface area contributed by atoms with Gasteiger partial charge in [0.2, 0.25) is 0 Å². The van der Waals surface area contributed by atoms with Crippen LogP contribution in [0.25, 0.3) is 0 Å². The summed E-state index contributed by atoms with van der Waals surface area (Å²) in [5, 5.41) is 0. The molecule has 0 aliphatic carbocycles. The smallest absolute Gasteiger partial charge is 0.338 e. The highest BCUT2D eigenvalue weighted by molar-refractivity contribution is 5.89. The van der Waals surface area contributed by atoms with Crippen LogP contribution in [0.5, 0.6) is 11.5 Å². The lowest BCUT2D eigenvalue weighted by Crippen LogP contribution is -2.09. The number of carbonyl (C=O) groups excluding carboxylic acids is 1. The molecule has 1 rings (SSSR count). The Morgan fingerprint density at radius 1 is 1.44 bits per heavy atom. The summed E-state index contributed by atoms with van der Waals surface area (Å²) < 4.78 is 10.2. The number of benzene rings is 1. The zero-order valence-electron chi connectivity index (χ0n) is 9.45. The van der Waals surface area contributed by atoms with Gasteiger partial charge in [-0.3, -0.25) is 0 Å². The highest BCUT2D eigenvalue weighted by atomic mass is 16.6. The molecule has 0 spiro atoms. The van der Waals surface area contributed by atoms with Crippen molar-refractivity contribution >= 4 is 5.97 Å². The van der Waals surface area contributed by atoms with E-state index in [0.29, 0.717) is 23.6 Å². The summed E-state index contributed by atoms with van der Waals surface area (Å²) in [7, 11) is 1.51. The Kier molecular flexibility index (Phi) is 4.08. The second kappa shape index (κ2) is 5.32. The SMILES string of the molecule is C=C(C)C(=O)Oc1ccc(CN)cc1OC. The minimum Gasteiger partial charge on any atom is -0.493 e. The maximum absolute atomic E-state index is 11.3. The zero-order chi connectivity index (χ0) is 12.1.